The Morgan fingerprint density at radius 3 is 2.76 bits per heavy atom. The normalized spacial score (nSPS) is 14.6. The molecular weight excluding hydrogens is 268 g/mol. The first kappa shape index (κ1) is 13.2. The van der Waals surface area contributed by atoms with Gasteiger partial charge in [0.05, 0.1) is 11.4 Å². The van der Waals surface area contributed by atoms with Crippen LogP contribution in [0, 0.1) is 0 Å². The van der Waals surface area contributed by atoms with Crippen molar-refractivity contribution >= 4 is 11.9 Å². The molecule has 6 nitrogen and oxygen atoms in total. The molecule has 2 heterocycles. The zero-order valence-electron chi connectivity index (χ0n) is 11.8. The van der Waals surface area contributed by atoms with Gasteiger partial charge in [-0.1, -0.05) is 0 Å². The molecule has 0 unspecified atom stereocenters. The van der Waals surface area contributed by atoms with E-state index in [1.165, 1.54) is 0 Å². The van der Waals surface area contributed by atoms with Gasteiger partial charge in [0.1, 0.15) is 11.4 Å². The van der Waals surface area contributed by atoms with Crippen molar-refractivity contribution in [2.24, 2.45) is 16.5 Å². The average Bonchev–Trinajstić information content (AvgIpc) is 2.87. The Morgan fingerprint density at radius 1 is 1.29 bits per heavy atom. The van der Waals surface area contributed by atoms with E-state index in [1.54, 1.807) is 18.2 Å². The molecule has 0 aliphatic carbocycles. The molecule has 1 amide bonds. The van der Waals surface area contributed by atoms with Gasteiger partial charge in [0.2, 0.25) is 0 Å². The number of amides is 1. The molecule has 1 aromatic carbocycles. The molecule has 0 atom stereocenters. The molecule has 4 N–H and O–H groups in total. The maximum Gasteiger partial charge on any atom is 0.280 e. The maximum absolute atomic E-state index is 11.9. The smallest absolute Gasteiger partial charge is 0.280 e. The van der Waals surface area contributed by atoms with Crippen LogP contribution in [0.2, 0.25) is 0 Å². The van der Waals surface area contributed by atoms with Crippen molar-refractivity contribution in [3.05, 3.63) is 47.8 Å². The molecule has 0 saturated carbocycles. The quantitative estimate of drug-likeness (QED) is 0.613. The first-order chi connectivity index (χ1) is 9.88. The van der Waals surface area contributed by atoms with E-state index in [1.807, 2.05) is 36.7 Å². The molecule has 2 aromatic rings. The third kappa shape index (κ3) is 2.14. The number of hydrogen-bond donors (Lipinski definition) is 2. The molecule has 0 fully saturated rings. The van der Waals surface area contributed by atoms with E-state index in [-0.39, 0.29) is 5.96 Å². The first-order valence-electron chi connectivity index (χ1n) is 6.54. The average molecular weight is 284 g/mol. The Balaban J connectivity index is 2.12. The fraction of sp³-hybridized carbons (Fsp3) is 0.200. The minimum absolute atomic E-state index is 0.253. The van der Waals surface area contributed by atoms with E-state index in [9.17, 15) is 4.79 Å². The van der Waals surface area contributed by atoms with Crippen molar-refractivity contribution in [1.82, 2.24) is 4.57 Å². The van der Waals surface area contributed by atoms with Crippen LogP contribution in [0.15, 0.2) is 41.5 Å². The Labute approximate surface area is 122 Å². The van der Waals surface area contributed by atoms with Gasteiger partial charge in [-0.25, -0.2) is 0 Å². The van der Waals surface area contributed by atoms with Crippen LogP contribution in [0.25, 0.3) is 5.69 Å². The summed E-state index contributed by atoms with van der Waals surface area (Å²) in [6, 6.07) is 9.07. The fourth-order valence-corrected chi connectivity index (χ4v) is 2.52. The van der Waals surface area contributed by atoms with Crippen molar-refractivity contribution in [3.63, 3.8) is 0 Å². The number of aromatic nitrogens is 1. The second-order valence-corrected chi connectivity index (χ2v) is 5.40. The van der Waals surface area contributed by atoms with E-state index >= 15 is 0 Å². The summed E-state index contributed by atoms with van der Waals surface area (Å²) in [5.41, 5.74) is 12.3. The van der Waals surface area contributed by atoms with Gasteiger partial charge in [0.25, 0.3) is 5.91 Å². The molecule has 1 aliphatic rings. The Bertz CT molecular complexity index is 755. The number of hydrogen-bond acceptors (Lipinski definition) is 2. The number of rotatable bonds is 1. The number of carbonyl (C=O) groups is 1. The lowest BCUT2D eigenvalue weighted by Crippen LogP contribution is -2.32. The minimum atomic E-state index is -0.476. The second-order valence-electron chi connectivity index (χ2n) is 5.40. The van der Waals surface area contributed by atoms with Gasteiger partial charge < -0.3 is 20.8 Å². The summed E-state index contributed by atoms with van der Waals surface area (Å²) in [4.78, 5) is 15.5. The highest BCUT2D eigenvalue weighted by molar-refractivity contribution is 6.02. The third-order valence-corrected chi connectivity index (χ3v) is 3.43. The predicted octanol–water partition coefficient (Wildman–Crippen LogP) is 1.52. The Morgan fingerprint density at radius 2 is 2.05 bits per heavy atom. The highest BCUT2D eigenvalue weighted by Gasteiger charge is 2.32. The molecule has 0 saturated heterocycles. The molecule has 0 radical (unpaired) electrons. The van der Waals surface area contributed by atoms with Crippen LogP contribution in [0.5, 0.6) is 5.75 Å². The highest BCUT2D eigenvalue weighted by Crippen LogP contribution is 2.39. The fourth-order valence-electron chi connectivity index (χ4n) is 2.52. The van der Waals surface area contributed by atoms with Crippen molar-refractivity contribution in [3.8, 4) is 11.4 Å². The van der Waals surface area contributed by atoms with E-state index in [4.69, 9.17) is 16.2 Å². The number of fused-ring (bicyclic) bond motifs is 3. The summed E-state index contributed by atoms with van der Waals surface area (Å²) in [5, 5.41) is 0. The number of nitrogens with two attached hydrogens (primary N) is 2. The third-order valence-electron chi connectivity index (χ3n) is 3.43. The van der Waals surface area contributed by atoms with Gasteiger partial charge >= 0.3 is 0 Å². The molecule has 3 rings (SSSR count). The number of aliphatic imine (C=N–C) groups is 1. The number of nitrogens with zero attached hydrogens (tertiary/aromatic N) is 2. The molecule has 0 bridgehead atoms. The summed E-state index contributed by atoms with van der Waals surface area (Å²) in [6.45, 7) is 4.00. The topological polar surface area (TPSA) is 95.6 Å². The standard InChI is InChI=1S/C15H16N4O2/c1-15(2)12-4-3-7-19(12)10-8-9(5-6-11(10)21-15)13(20)18-14(16)17/h3-8H,1-2H3,(H4,16,17,18,20). The number of ether oxygens (including phenoxy) is 1. The van der Waals surface area contributed by atoms with Crippen molar-refractivity contribution in [2.45, 2.75) is 19.4 Å². The first-order valence-corrected chi connectivity index (χ1v) is 6.54. The van der Waals surface area contributed by atoms with Crippen LogP contribution in [0.3, 0.4) is 0 Å². The summed E-state index contributed by atoms with van der Waals surface area (Å²) in [5.74, 6) is -0.0157. The van der Waals surface area contributed by atoms with Crippen LogP contribution in [0.4, 0.5) is 0 Å². The summed E-state index contributed by atoms with van der Waals surface area (Å²) in [7, 11) is 0. The predicted molar refractivity (Wildman–Crippen MR) is 79.6 cm³/mol. The van der Waals surface area contributed by atoms with E-state index in [2.05, 4.69) is 4.99 Å². The van der Waals surface area contributed by atoms with Crippen LogP contribution in [-0.4, -0.2) is 16.4 Å². The van der Waals surface area contributed by atoms with Crippen molar-refractivity contribution in [1.29, 1.82) is 0 Å². The van der Waals surface area contributed by atoms with E-state index < -0.39 is 11.5 Å². The van der Waals surface area contributed by atoms with Gasteiger partial charge in [-0.15, -0.1) is 0 Å². The largest absolute Gasteiger partial charge is 0.479 e. The zero-order chi connectivity index (χ0) is 15.2. The van der Waals surface area contributed by atoms with Crippen LogP contribution in [0.1, 0.15) is 29.9 Å². The molecule has 6 heteroatoms. The summed E-state index contributed by atoms with van der Waals surface area (Å²) >= 11 is 0. The molecule has 1 aromatic heterocycles. The van der Waals surface area contributed by atoms with Gasteiger partial charge in [-0.2, -0.15) is 4.99 Å². The van der Waals surface area contributed by atoms with Gasteiger partial charge in [-0.3, -0.25) is 4.79 Å². The molecule has 21 heavy (non-hydrogen) atoms. The lowest BCUT2D eigenvalue weighted by atomic mass is 10.0. The van der Waals surface area contributed by atoms with Gasteiger partial charge in [-0.05, 0) is 44.2 Å². The number of carbonyl (C=O) groups excluding carboxylic acids is 1. The second kappa shape index (κ2) is 4.37. The molecule has 108 valence electrons. The highest BCUT2D eigenvalue weighted by atomic mass is 16.5. The van der Waals surface area contributed by atoms with Crippen LogP contribution in [-0.2, 0) is 5.60 Å². The van der Waals surface area contributed by atoms with Gasteiger partial charge in [0, 0.05) is 11.8 Å². The lowest BCUT2D eigenvalue weighted by Gasteiger charge is -2.34. The van der Waals surface area contributed by atoms with E-state index in [0.29, 0.717) is 11.3 Å². The Kier molecular flexibility index (Phi) is 2.76. The monoisotopic (exact) mass is 284 g/mol. The van der Waals surface area contributed by atoms with Crippen molar-refractivity contribution < 1.29 is 9.53 Å². The van der Waals surface area contributed by atoms with Crippen LogP contribution >= 0.6 is 0 Å². The number of benzene rings is 1. The summed E-state index contributed by atoms with van der Waals surface area (Å²) in [6.07, 6.45) is 1.94. The van der Waals surface area contributed by atoms with E-state index in [0.717, 1.165) is 11.4 Å². The lowest BCUT2D eigenvalue weighted by molar-refractivity contribution is 0.0923. The van der Waals surface area contributed by atoms with Crippen molar-refractivity contribution in [2.75, 3.05) is 0 Å². The maximum atomic E-state index is 11.9. The zero-order valence-corrected chi connectivity index (χ0v) is 11.8. The van der Waals surface area contributed by atoms with Crippen LogP contribution < -0.4 is 16.2 Å². The molecule has 0 spiro atoms. The number of guanidine groups is 1. The molecular formula is C15H16N4O2. The molecule has 1 aliphatic heterocycles. The minimum Gasteiger partial charge on any atom is -0.479 e. The Hall–Kier alpha value is -2.76. The summed E-state index contributed by atoms with van der Waals surface area (Å²) < 4.78 is 8.01. The SMILES string of the molecule is CC1(C)Oc2ccc(C(=O)N=C(N)N)cc2-n2cccc21. The van der Waals surface area contributed by atoms with Gasteiger partial charge in [0.15, 0.2) is 5.96 Å².